The molecular weight excluding hydrogens is 349 g/mol. The van der Waals surface area contributed by atoms with E-state index >= 15 is 0 Å². The Balaban J connectivity index is 1.52. The molecule has 1 fully saturated rings. The van der Waals surface area contributed by atoms with E-state index in [1.807, 2.05) is 30.3 Å². The molecule has 0 N–H and O–H groups in total. The lowest BCUT2D eigenvalue weighted by Gasteiger charge is -2.33. The van der Waals surface area contributed by atoms with Gasteiger partial charge in [0.1, 0.15) is 11.0 Å². The van der Waals surface area contributed by atoms with Gasteiger partial charge in [-0.1, -0.05) is 41.4 Å². The Hall–Kier alpha value is -1.66. The number of nitrogens with zero attached hydrogens (tertiary/aromatic N) is 3. The summed E-state index contributed by atoms with van der Waals surface area (Å²) in [6.07, 6.45) is -0.0249. The summed E-state index contributed by atoms with van der Waals surface area (Å²) in [5.41, 5.74) is 3.73. The molecule has 0 saturated carbocycles. The van der Waals surface area contributed by atoms with Crippen LogP contribution in [-0.2, 0) is 11.3 Å². The van der Waals surface area contributed by atoms with Gasteiger partial charge in [-0.25, -0.2) is 4.63 Å². The van der Waals surface area contributed by atoms with Gasteiger partial charge in [0, 0.05) is 19.6 Å². The highest BCUT2D eigenvalue weighted by atomic mass is 35.5. The Morgan fingerprint density at radius 1 is 1.12 bits per heavy atom. The third-order valence-electron chi connectivity index (χ3n) is 4.23. The second-order valence-corrected chi connectivity index (χ2v) is 6.63. The van der Waals surface area contributed by atoms with Crippen LogP contribution in [0.2, 0.25) is 10.0 Å². The number of ether oxygens (including phenoxy) is 1. The zero-order chi connectivity index (χ0) is 16.5. The Labute approximate surface area is 149 Å². The molecule has 1 aromatic heterocycles. The summed E-state index contributed by atoms with van der Waals surface area (Å²) >= 11 is 12.1. The highest BCUT2D eigenvalue weighted by molar-refractivity contribution is 6.42. The second-order valence-electron chi connectivity index (χ2n) is 5.82. The van der Waals surface area contributed by atoms with Crippen LogP contribution in [0.4, 0.5) is 0 Å². The van der Waals surface area contributed by atoms with Crippen LogP contribution in [0.1, 0.15) is 17.2 Å². The van der Waals surface area contributed by atoms with Gasteiger partial charge in [0.05, 0.1) is 22.8 Å². The molecule has 2 heterocycles. The Kier molecular flexibility index (Phi) is 4.41. The molecule has 1 unspecified atom stereocenters. The number of halogens is 2. The number of hydrogen-bond acceptors (Lipinski definition) is 5. The van der Waals surface area contributed by atoms with E-state index in [1.165, 1.54) is 0 Å². The summed E-state index contributed by atoms with van der Waals surface area (Å²) in [4.78, 5) is 2.33. The minimum absolute atomic E-state index is 0.0249. The highest BCUT2D eigenvalue weighted by Crippen LogP contribution is 2.29. The number of rotatable bonds is 3. The summed E-state index contributed by atoms with van der Waals surface area (Å²) in [5.74, 6) is 0. The lowest BCUT2D eigenvalue weighted by molar-refractivity contribution is -0.0328. The molecule has 1 aliphatic heterocycles. The van der Waals surface area contributed by atoms with E-state index in [0.717, 1.165) is 41.8 Å². The van der Waals surface area contributed by atoms with Crippen LogP contribution < -0.4 is 0 Å². The maximum atomic E-state index is 6.13. The van der Waals surface area contributed by atoms with E-state index in [0.29, 0.717) is 16.7 Å². The van der Waals surface area contributed by atoms with Crippen LogP contribution in [0, 0.1) is 0 Å². The number of morpholine rings is 1. The molecular formula is C17H15Cl2N3O2. The fourth-order valence-electron chi connectivity index (χ4n) is 2.99. The number of aromatic nitrogens is 2. The quantitative estimate of drug-likeness (QED) is 0.700. The van der Waals surface area contributed by atoms with E-state index < -0.39 is 0 Å². The van der Waals surface area contributed by atoms with Crippen LogP contribution in [-0.4, -0.2) is 34.9 Å². The van der Waals surface area contributed by atoms with Crippen LogP contribution in [0.25, 0.3) is 11.0 Å². The van der Waals surface area contributed by atoms with Gasteiger partial charge in [-0.3, -0.25) is 4.90 Å². The third-order valence-corrected chi connectivity index (χ3v) is 4.97. The molecule has 3 aromatic rings. The van der Waals surface area contributed by atoms with Gasteiger partial charge in [-0.15, -0.1) is 0 Å². The van der Waals surface area contributed by atoms with Gasteiger partial charge in [0.25, 0.3) is 0 Å². The third kappa shape index (κ3) is 3.13. The van der Waals surface area contributed by atoms with Gasteiger partial charge < -0.3 is 4.74 Å². The van der Waals surface area contributed by atoms with Crippen molar-refractivity contribution >= 4 is 34.2 Å². The smallest absolute Gasteiger partial charge is 0.139 e. The lowest BCUT2D eigenvalue weighted by Crippen LogP contribution is -2.37. The van der Waals surface area contributed by atoms with Crippen molar-refractivity contribution in [2.45, 2.75) is 12.6 Å². The fourth-order valence-corrected chi connectivity index (χ4v) is 3.30. The van der Waals surface area contributed by atoms with Gasteiger partial charge in [-0.05, 0) is 39.6 Å². The monoisotopic (exact) mass is 363 g/mol. The first-order valence-electron chi connectivity index (χ1n) is 7.70. The minimum Gasteiger partial charge on any atom is -0.371 e. The molecule has 0 spiro atoms. The topological polar surface area (TPSA) is 51.4 Å². The van der Waals surface area contributed by atoms with Crippen molar-refractivity contribution in [3.8, 4) is 0 Å². The molecule has 5 nitrogen and oxygen atoms in total. The van der Waals surface area contributed by atoms with E-state index in [1.54, 1.807) is 0 Å². The van der Waals surface area contributed by atoms with Gasteiger partial charge >= 0.3 is 0 Å². The molecule has 1 aliphatic rings. The average molecular weight is 364 g/mol. The van der Waals surface area contributed by atoms with E-state index in [9.17, 15) is 0 Å². The summed E-state index contributed by atoms with van der Waals surface area (Å²) in [7, 11) is 0. The normalized spacial score (nSPS) is 19.0. The number of hydrogen-bond donors (Lipinski definition) is 0. The lowest BCUT2D eigenvalue weighted by atomic mass is 10.1. The first-order chi connectivity index (χ1) is 11.7. The van der Waals surface area contributed by atoms with Crippen LogP contribution in [0.3, 0.4) is 0 Å². The van der Waals surface area contributed by atoms with Gasteiger partial charge in [-0.2, -0.15) is 0 Å². The predicted molar refractivity (Wildman–Crippen MR) is 92.2 cm³/mol. The standard InChI is InChI=1S/C17H15Cl2N3O2/c18-13-5-4-11(8-14(13)19)16-10-22(6-7-23-16)9-12-2-1-3-15-17(12)21-24-20-15/h1-5,8,16H,6-7,9-10H2. The molecule has 24 heavy (non-hydrogen) atoms. The van der Waals surface area contributed by atoms with Crippen molar-refractivity contribution in [3.63, 3.8) is 0 Å². The zero-order valence-corrected chi connectivity index (χ0v) is 14.3. The molecule has 1 saturated heterocycles. The van der Waals surface area contributed by atoms with Crippen LogP contribution >= 0.6 is 23.2 Å². The Morgan fingerprint density at radius 2 is 2.04 bits per heavy atom. The molecule has 4 rings (SSSR count). The number of benzene rings is 2. The molecule has 0 radical (unpaired) electrons. The second kappa shape index (κ2) is 6.69. The van der Waals surface area contributed by atoms with Gasteiger partial charge in [0.2, 0.25) is 0 Å². The predicted octanol–water partition coefficient (Wildman–Crippen LogP) is 4.10. The first-order valence-corrected chi connectivity index (χ1v) is 8.45. The molecule has 0 aliphatic carbocycles. The van der Waals surface area contributed by atoms with E-state index in [2.05, 4.69) is 21.3 Å². The van der Waals surface area contributed by atoms with E-state index in [4.69, 9.17) is 32.6 Å². The van der Waals surface area contributed by atoms with Crippen LogP contribution in [0.5, 0.6) is 0 Å². The van der Waals surface area contributed by atoms with Crippen LogP contribution in [0.15, 0.2) is 41.0 Å². The summed E-state index contributed by atoms with van der Waals surface area (Å²) < 4.78 is 10.7. The van der Waals surface area contributed by atoms with Crippen molar-refractivity contribution in [2.24, 2.45) is 0 Å². The minimum atomic E-state index is -0.0249. The van der Waals surface area contributed by atoms with Crippen molar-refractivity contribution in [2.75, 3.05) is 19.7 Å². The van der Waals surface area contributed by atoms with Crippen molar-refractivity contribution < 1.29 is 9.37 Å². The van der Waals surface area contributed by atoms with Crippen molar-refractivity contribution in [3.05, 3.63) is 57.6 Å². The number of fused-ring (bicyclic) bond motifs is 1. The Morgan fingerprint density at radius 3 is 2.92 bits per heavy atom. The molecule has 1 atom stereocenters. The molecule has 0 amide bonds. The van der Waals surface area contributed by atoms with E-state index in [-0.39, 0.29) is 6.10 Å². The largest absolute Gasteiger partial charge is 0.371 e. The van der Waals surface area contributed by atoms with Crippen molar-refractivity contribution in [1.29, 1.82) is 0 Å². The van der Waals surface area contributed by atoms with Gasteiger partial charge in [0.15, 0.2) is 0 Å². The maximum Gasteiger partial charge on any atom is 0.139 e. The molecule has 7 heteroatoms. The zero-order valence-electron chi connectivity index (χ0n) is 12.8. The summed E-state index contributed by atoms with van der Waals surface area (Å²) in [6, 6.07) is 11.6. The Bertz CT molecular complexity index is 868. The summed E-state index contributed by atoms with van der Waals surface area (Å²) in [5, 5.41) is 9.01. The first kappa shape index (κ1) is 15.8. The maximum absolute atomic E-state index is 6.13. The van der Waals surface area contributed by atoms with Crippen molar-refractivity contribution in [1.82, 2.24) is 15.2 Å². The average Bonchev–Trinajstić information content (AvgIpc) is 3.07. The highest BCUT2D eigenvalue weighted by Gasteiger charge is 2.23. The molecule has 0 bridgehead atoms. The molecule has 124 valence electrons. The molecule has 2 aromatic carbocycles. The summed E-state index contributed by atoms with van der Waals surface area (Å²) in [6.45, 7) is 3.07. The SMILES string of the molecule is Clc1ccc(C2CN(Cc3cccc4nonc34)CCO2)cc1Cl. The fraction of sp³-hybridized carbons (Fsp3) is 0.294.